The molecule has 0 saturated carbocycles. The van der Waals surface area contributed by atoms with Crippen molar-refractivity contribution in [2.24, 2.45) is 5.41 Å². The van der Waals surface area contributed by atoms with Crippen molar-refractivity contribution < 1.29 is 59.8 Å². The van der Waals surface area contributed by atoms with E-state index in [1.54, 1.807) is 0 Å². The Morgan fingerprint density at radius 2 is 1.65 bits per heavy atom. The van der Waals surface area contributed by atoms with Crippen molar-refractivity contribution in [3.63, 3.8) is 0 Å². The van der Waals surface area contributed by atoms with Crippen molar-refractivity contribution in [2.45, 2.75) is 33.1 Å². The summed E-state index contributed by atoms with van der Waals surface area (Å²) in [6.45, 7) is 5.10. The van der Waals surface area contributed by atoms with E-state index in [-0.39, 0.29) is 31.0 Å². The Bertz CT molecular complexity index is 248. The van der Waals surface area contributed by atoms with Crippen LogP contribution >= 0.6 is 25.2 Å². The van der Waals surface area contributed by atoms with E-state index in [0.717, 1.165) is 12.8 Å². The fourth-order valence-electron chi connectivity index (χ4n) is 1.31. The minimum Gasteiger partial charge on any atom is -1.00 e. The van der Waals surface area contributed by atoms with Gasteiger partial charge in [-0.3, -0.25) is 0 Å². The maximum absolute atomic E-state index is 8.88. The van der Waals surface area contributed by atoms with Crippen molar-refractivity contribution >= 4 is 25.2 Å². The first-order valence-electron chi connectivity index (χ1n) is 6.21. The fourth-order valence-corrected chi connectivity index (χ4v) is 3.25. The van der Waals surface area contributed by atoms with Gasteiger partial charge in [0.05, 0.1) is 15.4 Å². The first-order chi connectivity index (χ1) is 8.71. The minimum atomic E-state index is -4.64. The van der Waals surface area contributed by atoms with Crippen LogP contribution in [-0.2, 0) is 14.1 Å². The van der Waals surface area contributed by atoms with Gasteiger partial charge in [-0.25, -0.2) is 14.1 Å². The second-order valence-electron chi connectivity index (χ2n) is 5.15. The molecule has 2 rings (SSSR count). The van der Waals surface area contributed by atoms with Gasteiger partial charge in [0.25, 0.3) is 0 Å². The minimum absolute atomic E-state index is 0. The van der Waals surface area contributed by atoms with E-state index in [1.165, 1.54) is 40.2 Å². The fraction of sp³-hybridized carbons (Fsp3) is 1.00. The molecular formula is C10H26NaO6P3. The Morgan fingerprint density at radius 3 is 1.80 bits per heavy atom. The van der Waals surface area contributed by atoms with Gasteiger partial charge in [-0.15, -0.1) is 8.58 Å². The van der Waals surface area contributed by atoms with Gasteiger partial charge in [0.2, 0.25) is 0 Å². The van der Waals surface area contributed by atoms with Crippen LogP contribution in [0.3, 0.4) is 0 Å². The molecule has 3 N–H and O–H groups in total. The van der Waals surface area contributed by atoms with Gasteiger partial charge in [-0.1, -0.05) is 20.3 Å². The van der Waals surface area contributed by atoms with Crippen molar-refractivity contribution in [1.29, 1.82) is 0 Å². The Morgan fingerprint density at radius 1 is 1.15 bits per heavy atom. The van der Waals surface area contributed by atoms with Crippen LogP contribution in [0.1, 0.15) is 34.5 Å². The maximum Gasteiger partial charge on any atom is 1.00 e. The van der Waals surface area contributed by atoms with Crippen LogP contribution in [0, 0.1) is 5.41 Å². The smallest absolute Gasteiger partial charge is 1.00 e. The molecular weight excluding hydrogens is 332 g/mol. The van der Waals surface area contributed by atoms with Gasteiger partial charge in [0, 0.05) is 0 Å². The van der Waals surface area contributed by atoms with E-state index in [9.17, 15) is 0 Å². The van der Waals surface area contributed by atoms with Crippen LogP contribution in [-0.4, -0.2) is 39.8 Å². The quantitative estimate of drug-likeness (QED) is 0.310. The van der Waals surface area contributed by atoms with Crippen LogP contribution in [0.5, 0.6) is 0 Å². The van der Waals surface area contributed by atoms with Gasteiger partial charge >= 0.3 is 37.4 Å². The zero-order valence-electron chi connectivity index (χ0n) is 13.5. The van der Waals surface area contributed by atoms with E-state index < -0.39 is 7.82 Å². The molecule has 2 aliphatic heterocycles. The third-order valence-corrected chi connectivity index (χ3v) is 5.08. The van der Waals surface area contributed by atoms with Crippen LogP contribution in [0.2, 0.25) is 0 Å². The number of rotatable bonds is 0. The van der Waals surface area contributed by atoms with Crippen LogP contribution in [0.25, 0.3) is 0 Å². The van der Waals surface area contributed by atoms with Crippen molar-refractivity contribution in [1.82, 2.24) is 0 Å². The van der Waals surface area contributed by atoms with Crippen LogP contribution in [0.15, 0.2) is 0 Å². The predicted octanol–water partition coefficient (Wildman–Crippen LogP) is -0.395. The molecule has 1 atom stereocenters. The molecule has 0 aromatic heterocycles. The molecule has 2 aliphatic rings. The standard InChI is InChI=1S/C5H11O2P.C5H11P.Na.H3O4P.H/c1-5(2)3-6-7-8-4-5;1-2-4-6-5-3-1;;1-5(2,3)4;/h8H,3-4H2,1-2H3;6H,1-5H2;;(H3,1,2,3,4);/q;;+1;;-1. The molecule has 118 valence electrons. The number of hydrogen-bond acceptors (Lipinski definition) is 3. The normalized spacial score (nSPS) is 22.4. The van der Waals surface area contributed by atoms with E-state index >= 15 is 0 Å². The third-order valence-electron chi connectivity index (χ3n) is 2.33. The van der Waals surface area contributed by atoms with Crippen LogP contribution in [0.4, 0.5) is 0 Å². The molecule has 0 spiro atoms. The molecule has 2 saturated heterocycles. The predicted molar refractivity (Wildman–Crippen MR) is 81.3 cm³/mol. The summed E-state index contributed by atoms with van der Waals surface area (Å²) in [6.07, 6.45) is 8.72. The third kappa shape index (κ3) is 22.2. The van der Waals surface area contributed by atoms with Crippen molar-refractivity contribution in [3.8, 4) is 0 Å². The topological polar surface area (TPSA) is 96.2 Å². The zero-order chi connectivity index (χ0) is 14.8. The van der Waals surface area contributed by atoms with Gasteiger partial charge in [-0.2, -0.15) is 0 Å². The summed E-state index contributed by atoms with van der Waals surface area (Å²) in [7, 11) is -2.81. The van der Waals surface area contributed by atoms with Gasteiger partial charge in [-0.05, 0) is 36.7 Å². The number of hydrogen-bond donors (Lipinski definition) is 3. The number of phosphoric acid groups is 1. The molecule has 0 amide bonds. The summed E-state index contributed by atoms with van der Waals surface area (Å²) in [5.41, 5.74) is 0.344. The van der Waals surface area contributed by atoms with Crippen molar-refractivity contribution in [2.75, 3.05) is 25.1 Å². The second-order valence-corrected chi connectivity index (χ2v) is 8.49. The average Bonchev–Trinajstić information content (AvgIpc) is 2.29. The summed E-state index contributed by atoms with van der Waals surface area (Å²) >= 11 is 0. The molecule has 0 aromatic carbocycles. The Labute approximate surface area is 148 Å². The molecule has 6 nitrogen and oxygen atoms in total. The summed E-state index contributed by atoms with van der Waals surface area (Å²) in [5.74, 6) is 0. The summed E-state index contributed by atoms with van der Waals surface area (Å²) in [6, 6.07) is 0. The van der Waals surface area contributed by atoms with E-state index in [4.69, 9.17) is 28.8 Å². The van der Waals surface area contributed by atoms with Gasteiger partial charge < -0.3 is 16.1 Å². The van der Waals surface area contributed by atoms with Crippen LogP contribution < -0.4 is 29.6 Å². The molecule has 1 unspecified atom stereocenters. The molecule has 0 bridgehead atoms. The maximum atomic E-state index is 8.88. The summed E-state index contributed by atoms with van der Waals surface area (Å²) in [4.78, 5) is 26.4. The van der Waals surface area contributed by atoms with E-state index in [0.29, 0.717) is 14.2 Å². The monoisotopic (exact) mass is 358 g/mol. The van der Waals surface area contributed by atoms with E-state index in [2.05, 4.69) is 13.8 Å². The molecule has 2 fully saturated rings. The summed E-state index contributed by atoms with van der Waals surface area (Å²) < 4.78 is 13.6. The SMILES string of the molecule is C1CCPCC1.CC1(C)COOPC1.O=P(O)(O)O.[H-].[Na+]. The largest absolute Gasteiger partial charge is 1.00 e. The average molecular weight is 358 g/mol. The van der Waals surface area contributed by atoms with Gasteiger partial charge in [0.1, 0.15) is 0 Å². The Hall–Kier alpha value is 1.89. The molecule has 20 heavy (non-hydrogen) atoms. The van der Waals surface area contributed by atoms with Gasteiger partial charge in [0.15, 0.2) is 0 Å². The summed E-state index contributed by atoms with van der Waals surface area (Å²) in [5, 5.41) is 0. The van der Waals surface area contributed by atoms with Crippen molar-refractivity contribution in [3.05, 3.63) is 0 Å². The first kappa shape index (κ1) is 24.1. The molecule has 0 radical (unpaired) electrons. The van der Waals surface area contributed by atoms with E-state index in [1.807, 2.05) is 0 Å². The Balaban J connectivity index is -0.000000228. The zero-order valence-corrected chi connectivity index (χ0v) is 17.4. The molecule has 0 aromatic rings. The second kappa shape index (κ2) is 13.3. The molecule has 10 heteroatoms. The molecule has 2 heterocycles. The first-order valence-corrected chi connectivity index (χ1v) is 10.3. The molecule has 0 aliphatic carbocycles. The Kier molecular flexibility index (Phi) is 16.1.